The van der Waals surface area contributed by atoms with Gasteiger partial charge in [-0.3, -0.25) is 9.59 Å². The third kappa shape index (κ3) is 3.68. The van der Waals surface area contributed by atoms with Crippen LogP contribution in [0.3, 0.4) is 0 Å². The van der Waals surface area contributed by atoms with Crippen LogP contribution in [0.15, 0.2) is 39.0 Å². The summed E-state index contributed by atoms with van der Waals surface area (Å²) in [5.41, 5.74) is 5.69. The Bertz CT molecular complexity index is 650. The van der Waals surface area contributed by atoms with Crippen LogP contribution in [0.1, 0.15) is 4.88 Å². The van der Waals surface area contributed by atoms with Crippen molar-refractivity contribution in [1.82, 2.24) is 4.57 Å². The lowest BCUT2D eigenvalue weighted by molar-refractivity contribution is -0.145. The molecule has 7 heteroatoms. The summed E-state index contributed by atoms with van der Waals surface area (Å²) in [5.74, 6) is -0.479. The largest absolute Gasteiger partial charge is 0.459 e. The molecule has 0 radical (unpaired) electrons. The van der Waals surface area contributed by atoms with Crippen LogP contribution < -0.4 is 11.3 Å². The Morgan fingerprint density at radius 2 is 2.21 bits per heavy atom. The molecule has 0 saturated carbocycles. The number of carbonyl (C=O) groups excluding carboxylic acids is 1. The van der Waals surface area contributed by atoms with Gasteiger partial charge in [0, 0.05) is 22.4 Å². The molecule has 0 aliphatic heterocycles. The number of nitrogen functional groups attached to an aromatic ring is 1. The standard InChI is InChI=1S/C12H11BrN2O3S/c13-9-3-4-19-10(9)7-18-12(17)6-15-5-8(14)1-2-11(15)16/h1-5H,6-7,14H2. The Labute approximate surface area is 121 Å². The summed E-state index contributed by atoms with van der Waals surface area (Å²) in [6.45, 7) is 0.0427. The highest BCUT2D eigenvalue weighted by molar-refractivity contribution is 9.10. The summed E-state index contributed by atoms with van der Waals surface area (Å²) in [6, 6.07) is 4.70. The molecule has 2 heterocycles. The van der Waals surface area contributed by atoms with E-state index in [4.69, 9.17) is 10.5 Å². The highest BCUT2D eigenvalue weighted by Gasteiger charge is 2.08. The van der Waals surface area contributed by atoms with Crippen molar-refractivity contribution in [3.05, 3.63) is 49.5 Å². The van der Waals surface area contributed by atoms with E-state index in [9.17, 15) is 9.59 Å². The van der Waals surface area contributed by atoms with E-state index in [2.05, 4.69) is 15.9 Å². The number of hydrogen-bond donors (Lipinski definition) is 1. The van der Waals surface area contributed by atoms with E-state index in [1.54, 1.807) is 0 Å². The minimum atomic E-state index is -0.479. The molecular weight excluding hydrogens is 332 g/mol. The average Bonchev–Trinajstić information content (AvgIpc) is 2.77. The van der Waals surface area contributed by atoms with Gasteiger partial charge in [-0.05, 0) is 33.4 Å². The predicted molar refractivity (Wildman–Crippen MR) is 76.9 cm³/mol. The van der Waals surface area contributed by atoms with Gasteiger partial charge in [0.25, 0.3) is 5.56 Å². The summed E-state index contributed by atoms with van der Waals surface area (Å²) in [7, 11) is 0. The number of hydrogen-bond acceptors (Lipinski definition) is 5. The Hall–Kier alpha value is -1.60. The molecule has 0 spiro atoms. The first-order chi connectivity index (χ1) is 9.06. The molecule has 0 amide bonds. The van der Waals surface area contributed by atoms with E-state index >= 15 is 0 Å². The van der Waals surface area contributed by atoms with Crippen LogP contribution in [0.25, 0.3) is 0 Å². The molecule has 100 valence electrons. The molecule has 2 N–H and O–H groups in total. The Morgan fingerprint density at radius 1 is 1.42 bits per heavy atom. The number of halogens is 1. The number of nitrogens with zero attached hydrogens (tertiary/aromatic N) is 1. The van der Waals surface area contributed by atoms with Gasteiger partial charge in [-0.25, -0.2) is 0 Å². The maximum atomic E-state index is 11.6. The number of thiophene rings is 1. The first-order valence-electron chi connectivity index (χ1n) is 5.40. The molecule has 0 fully saturated rings. The minimum Gasteiger partial charge on any atom is -0.459 e. The fraction of sp³-hybridized carbons (Fsp3) is 0.167. The van der Waals surface area contributed by atoms with E-state index in [1.165, 1.54) is 34.2 Å². The summed E-state index contributed by atoms with van der Waals surface area (Å²) in [4.78, 5) is 24.1. The summed E-state index contributed by atoms with van der Waals surface area (Å²) >= 11 is 4.84. The zero-order valence-electron chi connectivity index (χ0n) is 9.84. The van der Waals surface area contributed by atoms with Crippen molar-refractivity contribution in [1.29, 1.82) is 0 Å². The topological polar surface area (TPSA) is 74.3 Å². The molecule has 0 aromatic carbocycles. The highest BCUT2D eigenvalue weighted by Crippen LogP contribution is 2.23. The van der Waals surface area contributed by atoms with E-state index in [0.717, 1.165) is 9.35 Å². The maximum Gasteiger partial charge on any atom is 0.326 e. The molecule has 2 aromatic rings. The lowest BCUT2D eigenvalue weighted by Gasteiger charge is -2.07. The van der Waals surface area contributed by atoms with Gasteiger partial charge in [-0.2, -0.15) is 0 Å². The fourth-order valence-corrected chi connectivity index (χ4v) is 2.81. The third-order valence-corrected chi connectivity index (χ3v) is 4.26. The molecule has 5 nitrogen and oxygen atoms in total. The van der Waals surface area contributed by atoms with Crippen molar-refractivity contribution in [2.75, 3.05) is 5.73 Å². The van der Waals surface area contributed by atoms with E-state index in [-0.39, 0.29) is 18.7 Å². The zero-order chi connectivity index (χ0) is 13.8. The van der Waals surface area contributed by atoms with Crippen LogP contribution in [0.4, 0.5) is 5.69 Å². The second-order valence-electron chi connectivity index (χ2n) is 3.78. The fourth-order valence-electron chi connectivity index (χ4n) is 1.43. The lowest BCUT2D eigenvalue weighted by Crippen LogP contribution is -2.24. The van der Waals surface area contributed by atoms with Crippen LogP contribution in [0.5, 0.6) is 0 Å². The number of nitrogens with two attached hydrogens (primary N) is 1. The molecule has 0 atom stereocenters. The second-order valence-corrected chi connectivity index (χ2v) is 5.64. The third-order valence-electron chi connectivity index (χ3n) is 2.36. The van der Waals surface area contributed by atoms with Gasteiger partial charge in [-0.1, -0.05) is 0 Å². The number of rotatable bonds is 4. The van der Waals surface area contributed by atoms with Gasteiger partial charge in [0.1, 0.15) is 13.2 Å². The van der Waals surface area contributed by atoms with Crippen molar-refractivity contribution in [3.8, 4) is 0 Å². The van der Waals surface area contributed by atoms with Gasteiger partial charge in [0.05, 0.1) is 4.88 Å². The minimum absolute atomic E-state index is 0.146. The smallest absolute Gasteiger partial charge is 0.326 e. The molecule has 0 saturated heterocycles. The number of carbonyl (C=O) groups is 1. The predicted octanol–water partition coefficient (Wildman–Crippen LogP) is 2.00. The summed E-state index contributed by atoms with van der Waals surface area (Å²) in [6.07, 6.45) is 1.42. The monoisotopic (exact) mass is 342 g/mol. The maximum absolute atomic E-state index is 11.6. The molecule has 0 aliphatic rings. The molecule has 2 rings (SSSR count). The average molecular weight is 343 g/mol. The van der Waals surface area contributed by atoms with Crippen molar-refractivity contribution >= 4 is 38.9 Å². The SMILES string of the molecule is Nc1ccc(=O)n(CC(=O)OCc2sccc2Br)c1. The van der Waals surface area contributed by atoms with Crippen LogP contribution in [-0.2, 0) is 22.7 Å². The van der Waals surface area contributed by atoms with Crippen molar-refractivity contribution in [3.63, 3.8) is 0 Å². The van der Waals surface area contributed by atoms with Crippen LogP contribution in [0.2, 0.25) is 0 Å². The molecule has 0 unspecified atom stereocenters. The first-order valence-corrected chi connectivity index (χ1v) is 7.07. The highest BCUT2D eigenvalue weighted by atomic mass is 79.9. The van der Waals surface area contributed by atoms with Crippen LogP contribution in [-0.4, -0.2) is 10.5 Å². The van der Waals surface area contributed by atoms with Crippen molar-refractivity contribution < 1.29 is 9.53 Å². The Balaban J connectivity index is 1.96. The number of esters is 1. The van der Waals surface area contributed by atoms with Crippen LogP contribution in [0, 0.1) is 0 Å². The molecule has 0 bridgehead atoms. The van der Waals surface area contributed by atoms with Gasteiger partial charge in [0.15, 0.2) is 0 Å². The van der Waals surface area contributed by atoms with E-state index in [1.807, 2.05) is 11.4 Å². The first kappa shape index (κ1) is 13.8. The Morgan fingerprint density at radius 3 is 2.89 bits per heavy atom. The van der Waals surface area contributed by atoms with Gasteiger partial charge in [0.2, 0.25) is 0 Å². The van der Waals surface area contributed by atoms with Gasteiger partial charge < -0.3 is 15.0 Å². The molecule has 19 heavy (non-hydrogen) atoms. The molecular formula is C12H11BrN2O3S. The quantitative estimate of drug-likeness (QED) is 0.862. The lowest BCUT2D eigenvalue weighted by atomic mass is 10.4. The number of ether oxygens (including phenoxy) is 1. The zero-order valence-corrected chi connectivity index (χ0v) is 12.2. The van der Waals surface area contributed by atoms with Crippen molar-refractivity contribution in [2.45, 2.75) is 13.2 Å². The Kier molecular flexibility index (Phi) is 4.39. The number of anilines is 1. The summed E-state index contributed by atoms with van der Waals surface area (Å²) in [5, 5.41) is 1.90. The van der Waals surface area contributed by atoms with Crippen LogP contribution >= 0.6 is 27.3 Å². The molecule has 2 aromatic heterocycles. The van der Waals surface area contributed by atoms with Gasteiger partial charge >= 0.3 is 5.97 Å². The van der Waals surface area contributed by atoms with E-state index in [0.29, 0.717) is 5.69 Å². The number of pyridine rings is 1. The van der Waals surface area contributed by atoms with Gasteiger partial charge in [-0.15, -0.1) is 11.3 Å². The summed E-state index contributed by atoms with van der Waals surface area (Å²) < 4.78 is 7.24. The van der Waals surface area contributed by atoms with Crippen molar-refractivity contribution in [2.24, 2.45) is 0 Å². The van der Waals surface area contributed by atoms with E-state index < -0.39 is 5.97 Å². The number of aromatic nitrogens is 1. The second kappa shape index (κ2) is 6.03. The normalized spacial score (nSPS) is 10.4. The molecule has 0 aliphatic carbocycles.